The Kier molecular flexibility index (Phi) is 10.5. The highest BCUT2D eigenvalue weighted by Crippen LogP contribution is 2.47. The monoisotopic (exact) mass is 758 g/mol. The van der Waals surface area contributed by atoms with Crippen molar-refractivity contribution in [3.63, 3.8) is 0 Å². The van der Waals surface area contributed by atoms with Gasteiger partial charge in [-0.3, -0.25) is 18.0 Å². The van der Waals surface area contributed by atoms with Crippen LogP contribution in [0.25, 0.3) is 33.3 Å². The lowest BCUT2D eigenvalue weighted by Crippen LogP contribution is -2.36. The third-order valence-corrected chi connectivity index (χ3v) is 9.55. The van der Waals surface area contributed by atoms with Gasteiger partial charge in [-0.05, 0) is 110 Å². The van der Waals surface area contributed by atoms with Gasteiger partial charge in [0.05, 0.1) is 30.7 Å². The van der Waals surface area contributed by atoms with E-state index >= 15 is 0 Å². The zero-order chi connectivity index (χ0) is 39.3. The summed E-state index contributed by atoms with van der Waals surface area (Å²) < 4.78 is 60.3. The molecular weight excluding hydrogens is 714 g/mol. The van der Waals surface area contributed by atoms with Crippen LogP contribution in [0.3, 0.4) is 0 Å². The van der Waals surface area contributed by atoms with Gasteiger partial charge in [-0.2, -0.15) is 5.10 Å². The second kappa shape index (κ2) is 14.6. The lowest BCUT2D eigenvalue weighted by atomic mass is 9.97. The van der Waals surface area contributed by atoms with Gasteiger partial charge < -0.3 is 18.8 Å². The fourth-order valence-electron chi connectivity index (χ4n) is 6.52. The Bertz CT molecular complexity index is 2280. The quantitative estimate of drug-likeness (QED) is 0.102. The van der Waals surface area contributed by atoms with Crippen molar-refractivity contribution in [3.05, 3.63) is 83.2 Å². The van der Waals surface area contributed by atoms with Crippen molar-refractivity contribution in [2.75, 3.05) is 18.0 Å². The van der Waals surface area contributed by atoms with Gasteiger partial charge in [0.15, 0.2) is 0 Å². The number of esters is 1. The number of carbonyl (C=O) groups is 2. The fourth-order valence-corrected chi connectivity index (χ4v) is 7.03. The van der Waals surface area contributed by atoms with Crippen LogP contribution < -0.4 is 9.04 Å². The third-order valence-electron chi connectivity index (χ3n) is 8.87. The summed E-state index contributed by atoms with van der Waals surface area (Å²) in [6.07, 6.45) is 2.90. The summed E-state index contributed by atoms with van der Waals surface area (Å²) in [5, 5.41) is 5.46. The molecule has 12 nitrogen and oxygen atoms in total. The first-order valence-corrected chi connectivity index (χ1v) is 18.7. The van der Waals surface area contributed by atoms with E-state index in [9.17, 15) is 22.7 Å². The number of nitrogens with zero attached hydrogens (tertiary/aromatic N) is 5. The normalized spacial score (nSPS) is 13.9. The number of aromatic nitrogens is 4. The number of rotatable bonds is 10. The molecule has 0 bridgehead atoms. The third kappa shape index (κ3) is 8.34. The average molecular weight is 759 g/mol. The Morgan fingerprint density at radius 3 is 2.31 bits per heavy atom. The molecular formula is C40H45FN5O7S-. The molecule has 2 aromatic carbocycles. The number of hydrogen-bond acceptors (Lipinski definition) is 9. The molecule has 0 radical (unpaired) electrons. The summed E-state index contributed by atoms with van der Waals surface area (Å²) in [5.41, 5.74) is 4.77. The van der Waals surface area contributed by atoms with Gasteiger partial charge >= 0.3 is 12.1 Å². The predicted molar refractivity (Wildman–Crippen MR) is 204 cm³/mol. The molecule has 0 saturated heterocycles. The summed E-state index contributed by atoms with van der Waals surface area (Å²) in [4.78, 5) is 31.8. The molecule has 1 fully saturated rings. The zero-order valence-electron chi connectivity index (χ0n) is 32.0. The Balaban J connectivity index is 1.55. The van der Waals surface area contributed by atoms with Crippen LogP contribution in [0.4, 0.5) is 14.9 Å². The minimum Gasteiger partial charge on any atom is -0.755 e. The topological polar surface area (TPSA) is 141 Å². The van der Waals surface area contributed by atoms with Gasteiger partial charge in [0.1, 0.15) is 35.0 Å². The molecule has 1 aliphatic rings. The Hall–Kier alpha value is -5.08. The van der Waals surface area contributed by atoms with Crippen molar-refractivity contribution in [1.29, 1.82) is 0 Å². The second-order valence-electron chi connectivity index (χ2n) is 15.5. The van der Waals surface area contributed by atoms with Crippen LogP contribution in [-0.4, -0.2) is 65.0 Å². The molecule has 5 aromatic rings. The van der Waals surface area contributed by atoms with Crippen LogP contribution >= 0.6 is 0 Å². The van der Waals surface area contributed by atoms with Crippen molar-refractivity contribution in [1.82, 2.24) is 19.3 Å². The lowest BCUT2D eigenvalue weighted by Gasteiger charge is -2.29. The van der Waals surface area contributed by atoms with Gasteiger partial charge in [-0.15, -0.1) is 0 Å². The number of methoxy groups -OCH3 is 1. The van der Waals surface area contributed by atoms with Crippen molar-refractivity contribution in [2.45, 2.75) is 91.9 Å². The van der Waals surface area contributed by atoms with Crippen molar-refractivity contribution < 1.29 is 37.0 Å². The van der Waals surface area contributed by atoms with E-state index in [1.54, 1.807) is 70.6 Å². The number of pyridine rings is 1. The van der Waals surface area contributed by atoms with Gasteiger partial charge in [0, 0.05) is 51.2 Å². The number of aryl methyl sites for hydroxylation is 1. The number of fused-ring (bicyclic) bond motifs is 1. The van der Waals surface area contributed by atoms with E-state index in [-0.39, 0.29) is 23.2 Å². The first kappa shape index (κ1) is 38.6. The maximum absolute atomic E-state index is 14.1. The maximum atomic E-state index is 14.1. The molecule has 1 saturated carbocycles. The second-order valence-corrected chi connectivity index (χ2v) is 16.4. The lowest BCUT2D eigenvalue weighted by molar-refractivity contribution is -0.152. The Labute approximate surface area is 316 Å². The predicted octanol–water partition coefficient (Wildman–Crippen LogP) is 7.98. The van der Waals surface area contributed by atoms with Crippen LogP contribution in [0.5, 0.6) is 5.75 Å². The zero-order valence-corrected chi connectivity index (χ0v) is 32.8. The Morgan fingerprint density at radius 2 is 1.70 bits per heavy atom. The van der Waals surface area contributed by atoms with Crippen LogP contribution in [0.1, 0.15) is 82.9 Å². The molecule has 0 N–H and O–H groups in total. The largest absolute Gasteiger partial charge is 0.755 e. The summed E-state index contributed by atoms with van der Waals surface area (Å²) in [7, 11) is 1.42. The van der Waals surface area contributed by atoms with E-state index in [0.717, 1.165) is 45.2 Å². The highest BCUT2D eigenvalue weighted by atomic mass is 32.2. The molecule has 286 valence electrons. The van der Waals surface area contributed by atoms with Crippen LogP contribution in [0, 0.1) is 19.7 Å². The molecule has 0 amide bonds. The highest BCUT2D eigenvalue weighted by molar-refractivity contribution is 7.80. The number of carbonyl (C=O) groups excluding carboxylic acids is 2. The van der Waals surface area contributed by atoms with Crippen molar-refractivity contribution >= 4 is 40.0 Å². The molecule has 6 rings (SSSR count). The van der Waals surface area contributed by atoms with E-state index in [1.165, 1.54) is 23.8 Å². The van der Waals surface area contributed by atoms with Gasteiger partial charge in [0.25, 0.3) is 0 Å². The van der Waals surface area contributed by atoms with Gasteiger partial charge in [-0.25, -0.2) is 18.7 Å². The Morgan fingerprint density at radius 1 is 1.00 bits per heavy atom. The van der Waals surface area contributed by atoms with Gasteiger partial charge in [0.2, 0.25) is 0 Å². The fraction of sp³-hybridized carbons (Fsp3) is 0.400. The summed E-state index contributed by atoms with van der Waals surface area (Å²) >= 11 is -2.86. The molecule has 0 spiro atoms. The molecule has 1 unspecified atom stereocenters. The molecule has 54 heavy (non-hydrogen) atoms. The van der Waals surface area contributed by atoms with E-state index in [0.29, 0.717) is 34.4 Å². The summed E-state index contributed by atoms with van der Waals surface area (Å²) in [6, 6.07) is 13.5. The number of benzene rings is 2. The summed E-state index contributed by atoms with van der Waals surface area (Å²) in [5.74, 6) is -0.722. The number of ether oxygens (including phenoxy) is 3. The minimum absolute atomic E-state index is 0.101. The molecule has 0 aliphatic heterocycles. The number of hydrogen-bond donors (Lipinski definition) is 0. The van der Waals surface area contributed by atoms with Crippen LogP contribution in [-0.2, 0) is 32.1 Å². The SMILES string of the molecule is COc1ccc(-c2cc3c(-c4c(C)nn(Cc5cccc(F)c5)c4C)cn(C(=O)OC(C)(C)C)c3nc2C2CC2)cc1N(CC(=O)OC(C)(C)C)S(=O)[O-]. The minimum atomic E-state index is -2.86. The average Bonchev–Trinajstić information content (AvgIpc) is 3.80. The van der Waals surface area contributed by atoms with Crippen molar-refractivity contribution in [3.8, 4) is 28.0 Å². The molecule has 3 heterocycles. The van der Waals surface area contributed by atoms with Crippen LogP contribution in [0.2, 0.25) is 0 Å². The van der Waals surface area contributed by atoms with E-state index < -0.39 is 41.1 Å². The summed E-state index contributed by atoms with van der Waals surface area (Å²) in [6.45, 7) is 14.1. The molecule has 14 heteroatoms. The van der Waals surface area contributed by atoms with E-state index in [4.69, 9.17) is 24.3 Å². The number of halogens is 1. The van der Waals surface area contributed by atoms with Crippen molar-refractivity contribution in [2.24, 2.45) is 0 Å². The standard InChI is InChI=1S/C40H46FN5O7S/c1-23-35(24(2)45(43-23)20-25-11-10-12-28(41)17-25)31-21-44(38(48)53-40(6,7)8)37-30(31)19-29(36(42-37)26-13-14-26)27-15-16-33(51-9)32(18-27)46(54(49)50)22-34(47)52-39(3,4)5/h10-12,15-19,21,26H,13-14,20,22H2,1-9H3,(H,49,50)/p-1. The van der Waals surface area contributed by atoms with Gasteiger partial charge in [-0.1, -0.05) is 18.2 Å². The molecule has 1 aliphatic carbocycles. The first-order valence-electron chi connectivity index (χ1n) is 17.7. The molecule has 3 aromatic heterocycles. The maximum Gasteiger partial charge on any atom is 0.420 e. The molecule has 1 atom stereocenters. The van der Waals surface area contributed by atoms with E-state index in [2.05, 4.69) is 0 Å². The highest BCUT2D eigenvalue weighted by Gasteiger charge is 2.32. The van der Waals surface area contributed by atoms with E-state index in [1.807, 2.05) is 32.0 Å². The number of anilines is 1. The first-order chi connectivity index (χ1) is 25.3. The van der Waals surface area contributed by atoms with Crippen LogP contribution in [0.15, 0.2) is 54.7 Å². The smallest absolute Gasteiger partial charge is 0.420 e.